The number of aryl methyl sites for hydroxylation is 2. The normalized spacial score (nSPS) is 10.9. The highest BCUT2D eigenvalue weighted by Gasteiger charge is 2.12. The van der Waals surface area contributed by atoms with Crippen LogP contribution in [-0.4, -0.2) is 25.5 Å². The van der Waals surface area contributed by atoms with E-state index in [0.717, 1.165) is 11.1 Å². The van der Waals surface area contributed by atoms with Crippen LogP contribution in [0.5, 0.6) is 0 Å². The van der Waals surface area contributed by atoms with E-state index in [1.54, 1.807) is 13.2 Å². The van der Waals surface area contributed by atoms with Crippen molar-refractivity contribution in [3.8, 4) is 0 Å². The van der Waals surface area contributed by atoms with Gasteiger partial charge in [-0.2, -0.15) is 10.2 Å². The molecular formula is C16H17N5O2. The van der Waals surface area contributed by atoms with Crippen molar-refractivity contribution in [1.29, 1.82) is 0 Å². The molecule has 0 radical (unpaired) electrons. The summed E-state index contributed by atoms with van der Waals surface area (Å²) in [5, 5.41) is 11.5. The van der Waals surface area contributed by atoms with Gasteiger partial charge >= 0.3 is 0 Å². The third kappa shape index (κ3) is 3.13. The number of benzene rings is 1. The third-order valence-corrected chi connectivity index (χ3v) is 3.60. The number of fused-ring (bicyclic) bond motifs is 1. The summed E-state index contributed by atoms with van der Waals surface area (Å²) in [4.78, 5) is 24.2. The van der Waals surface area contributed by atoms with Gasteiger partial charge in [0, 0.05) is 19.0 Å². The van der Waals surface area contributed by atoms with E-state index in [-0.39, 0.29) is 18.0 Å². The average molecular weight is 311 g/mol. The van der Waals surface area contributed by atoms with Crippen LogP contribution in [0.3, 0.4) is 0 Å². The molecule has 0 saturated heterocycles. The number of rotatable bonds is 4. The maximum atomic E-state index is 12.1. The molecule has 0 atom stereocenters. The summed E-state index contributed by atoms with van der Waals surface area (Å²) < 4.78 is 2.64. The van der Waals surface area contributed by atoms with Gasteiger partial charge in [0.05, 0.1) is 12.4 Å². The smallest absolute Gasteiger partial charge is 0.292 e. The number of hydrogen-bond donors (Lipinski definition) is 1. The van der Waals surface area contributed by atoms with Gasteiger partial charge in [-0.3, -0.25) is 9.59 Å². The van der Waals surface area contributed by atoms with Crippen LogP contribution in [-0.2, 0) is 24.9 Å². The lowest BCUT2D eigenvalue weighted by molar-refractivity contribution is -0.121. The van der Waals surface area contributed by atoms with E-state index in [9.17, 15) is 9.59 Å². The highest BCUT2D eigenvalue weighted by atomic mass is 16.2. The summed E-state index contributed by atoms with van der Waals surface area (Å²) in [7, 11) is 1.57. The zero-order valence-corrected chi connectivity index (χ0v) is 13.0. The molecule has 118 valence electrons. The van der Waals surface area contributed by atoms with Crippen LogP contribution in [0.2, 0.25) is 0 Å². The fourth-order valence-corrected chi connectivity index (χ4v) is 2.42. The lowest BCUT2D eigenvalue weighted by atomic mass is 10.1. The minimum atomic E-state index is -0.272. The first-order chi connectivity index (χ1) is 11.0. The summed E-state index contributed by atoms with van der Waals surface area (Å²) in [5.74, 6) is -0.199. The van der Waals surface area contributed by atoms with Crippen LogP contribution in [0.25, 0.3) is 10.9 Å². The number of carbonyl (C=O) groups excluding carboxylic acids is 1. The van der Waals surface area contributed by atoms with Crippen LogP contribution in [0.15, 0.2) is 41.5 Å². The zero-order valence-electron chi connectivity index (χ0n) is 13.0. The van der Waals surface area contributed by atoms with E-state index in [0.29, 0.717) is 17.4 Å². The average Bonchev–Trinajstić information content (AvgIpc) is 2.93. The largest absolute Gasteiger partial charge is 0.350 e. The minimum absolute atomic E-state index is 0.00539. The summed E-state index contributed by atoms with van der Waals surface area (Å²) in [6, 6.07) is 7.93. The van der Waals surface area contributed by atoms with Gasteiger partial charge in [-0.15, -0.1) is 0 Å². The fraction of sp³-hybridized carbons (Fsp3) is 0.250. The van der Waals surface area contributed by atoms with Crippen molar-refractivity contribution in [2.24, 2.45) is 7.05 Å². The number of nitrogens with one attached hydrogen (secondary N) is 1. The Morgan fingerprint density at radius 1 is 1.26 bits per heavy atom. The van der Waals surface area contributed by atoms with Gasteiger partial charge < -0.3 is 5.32 Å². The molecule has 7 heteroatoms. The first kappa shape index (κ1) is 15.0. The van der Waals surface area contributed by atoms with Crippen LogP contribution >= 0.6 is 0 Å². The van der Waals surface area contributed by atoms with E-state index < -0.39 is 0 Å². The highest BCUT2D eigenvalue weighted by molar-refractivity contribution is 5.80. The molecule has 2 aromatic heterocycles. The van der Waals surface area contributed by atoms with Crippen LogP contribution in [0, 0.1) is 6.92 Å². The number of amides is 1. The highest BCUT2D eigenvalue weighted by Crippen LogP contribution is 2.07. The Bertz CT molecular complexity index is 926. The summed E-state index contributed by atoms with van der Waals surface area (Å²) >= 11 is 0. The molecule has 1 aromatic carbocycles. The molecule has 7 nitrogen and oxygen atoms in total. The Balaban J connectivity index is 1.73. The Kier molecular flexibility index (Phi) is 3.92. The molecule has 0 aliphatic carbocycles. The molecule has 0 aliphatic heterocycles. The van der Waals surface area contributed by atoms with Crippen molar-refractivity contribution in [3.63, 3.8) is 0 Å². The van der Waals surface area contributed by atoms with Gasteiger partial charge in [-0.1, -0.05) is 29.8 Å². The Morgan fingerprint density at radius 2 is 2.04 bits per heavy atom. The van der Waals surface area contributed by atoms with Crippen molar-refractivity contribution in [2.75, 3.05) is 0 Å². The van der Waals surface area contributed by atoms with E-state index in [1.807, 2.05) is 31.2 Å². The molecule has 1 N–H and O–H groups in total. The van der Waals surface area contributed by atoms with Crippen LogP contribution < -0.4 is 10.9 Å². The maximum absolute atomic E-state index is 12.1. The molecule has 3 aromatic rings. The molecular weight excluding hydrogens is 294 g/mol. The quantitative estimate of drug-likeness (QED) is 0.771. The Morgan fingerprint density at radius 3 is 2.83 bits per heavy atom. The van der Waals surface area contributed by atoms with Crippen molar-refractivity contribution in [1.82, 2.24) is 24.9 Å². The van der Waals surface area contributed by atoms with Crippen LogP contribution in [0.1, 0.15) is 11.1 Å². The second kappa shape index (κ2) is 6.04. The van der Waals surface area contributed by atoms with Crippen LogP contribution in [0.4, 0.5) is 0 Å². The van der Waals surface area contributed by atoms with E-state index in [2.05, 4.69) is 15.5 Å². The standard InChI is InChI=1S/C16H17N5O2/c1-11-4-3-5-12(6-11)7-17-14(22)10-21-15-13(9-19-21)8-18-20(2)16(15)23/h3-6,8-9H,7,10H2,1-2H3,(H,17,22). The molecule has 0 fully saturated rings. The lowest BCUT2D eigenvalue weighted by Gasteiger charge is -2.07. The zero-order chi connectivity index (χ0) is 16.4. The van der Waals surface area contributed by atoms with Crippen molar-refractivity contribution < 1.29 is 4.79 Å². The first-order valence-corrected chi connectivity index (χ1v) is 7.24. The third-order valence-electron chi connectivity index (χ3n) is 3.60. The molecule has 3 rings (SSSR count). The lowest BCUT2D eigenvalue weighted by Crippen LogP contribution is -2.29. The first-order valence-electron chi connectivity index (χ1n) is 7.24. The minimum Gasteiger partial charge on any atom is -0.350 e. The fourth-order valence-electron chi connectivity index (χ4n) is 2.42. The summed E-state index contributed by atoms with van der Waals surface area (Å²) in [6.07, 6.45) is 3.10. The predicted molar refractivity (Wildman–Crippen MR) is 85.8 cm³/mol. The Hall–Kier alpha value is -2.96. The van der Waals surface area contributed by atoms with Gasteiger partial charge in [0.15, 0.2) is 0 Å². The van der Waals surface area contributed by atoms with Crippen molar-refractivity contribution in [2.45, 2.75) is 20.0 Å². The van der Waals surface area contributed by atoms with Gasteiger partial charge in [-0.25, -0.2) is 9.36 Å². The van der Waals surface area contributed by atoms with E-state index in [1.165, 1.54) is 15.6 Å². The molecule has 0 spiro atoms. The van der Waals surface area contributed by atoms with E-state index >= 15 is 0 Å². The van der Waals surface area contributed by atoms with E-state index in [4.69, 9.17) is 0 Å². The topological polar surface area (TPSA) is 81.8 Å². The van der Waals surface area contributed by atoms with Crippen molar-refractivity contribution >= 4 is 16.8 Å². The molecule has 0 bridgehead atoms. The van der Waals surface area contributed by atoms with Crippen molar-refractivity contribution in [3.05, 3.63) is 58.1 Å². The Labute approximate surface area is 132 Å². The molecule has 0 unspecified atom stereocenters. The van der Waals surface area contributed by atoms with Gasteiger partial charge in [0.1, 0.15) is 12.1 Å². The summed E-state index contributed by atoms with van der Waals surface area (Å²) in [6.45, 7) is 2.44. The predicted octanol–water partition coefficient (Wildman–Crippen LogP) is 0.755. The van der Waals surface area contributed by atoms with Gasteiger partial charge in [0.25, 0.3) is 5.56 Å². The van der Waals surface area contributed by atoms with Gasteiger partial charge in [0.2, 0.25) is 5.91 Å². The second-order valence-electron chi connectivity index (χ2n) is 5.45. The number of aromatic nitrogens is 4. The number of hydrogen-bond acceptors (Lipinski definition) is 4. The molecule has 1 amide bonds. The number of carbonyl (C=O) groups is 1. The summed E-state index contributed by atoms with van der Waals surface area (Å²) in [5.41, 5.74) is 2.29. The second-order valence-corrected chi connectivity index (χ2v) is 5.45. The maximum Gasteiger partial charge on any atom is 0.292 e. The SMILES string of the molecule is Cc1cccc(CNC(=O)Cn2ncc3cnn(C)c(=O)c32)c1. The molecule has 2 heterocycles. The number of nitrogens with zero attached hydrogens (tertiary/aromatic N) is 4. The van der Waals surface area contributed by atoms with Gasteiger partial charge in [-0.05, 0) is 12.5 Å². The molecule has 23 heavy (non-hydrogen) atoms. The molecule has 0 aliphatic rings. The monoisotopic (exact) mass is 311 g/mol. The molecule has 0 saturated carbocycles.